The number of likely N-dealkylation sites (tertiary alicyclic amines) is 1. The average Bonchev–Trinajstić information content (AvgIpc) is 2.73. The lowest BCUT2D eigenvalue weighted by molar-refractivity contribution is -0.274. The number of ether oxygens (including phenoxy) is 2. The molecular formula is C22H21F3N2O6. The van der Waals surface area contributed by atoms with E-state index in [0.29, 0.717) is 30.8 Å². The van der Waals surface area contributed by atoms with Crippen molar-refractivity contribution >= 4 is 11.9 Å². The molecule has 11 heteroatoms. The fourth-order valence-corrected chi connectivity index (χ4v) is 4.62. The lowest BCUT2D eigenvalue weighted by Gasteiger charge is -2.43. The third-order valence-electron chi connectivity index (χ3n) is 5.79. The van der Waals surface area contributed by atoms with Crippen molar-refractivity contribution in [2.24, 2.45) is 5.92 Å². The van der Waals surface area contributed by atoms with Gasteiger partial charge in [-0.2, -0.15) is 0 Å². The number of pyridine rings is 1. The van der Waals surface area contributed by atoms with E-state index < -0.39 is 18.9 Å². The molecule has 1 fully saturated rings. The first-order valence-electron chi connectivity index (χ1n) is 10.3. The molecule has 0 saturated carbocycles. The van der Waals surface area contributed by atoms with Crippen LogP contribution in [0.2, 0.25) is 0 Å². The van der Waals surface area contributed by atoms with Crippen molar-refractivity contribution in [3.63, 3.8) is 0 Å². The van der Waals surface area contributed by atoms with Gasteiger partial charge in [0.15, 0.2) is 0 Å². The van der Waals surface area contributed by atoms with Gasteiger partial charge in [-0.25, -0.2) is 4.79 Å². The minimum Gasteiger partial charge on any atom is -0.480 e. The van der Waals surface area contributed by atoms with Gasteiger partial charge in [0.25, 0.3) is 5.56 Å². The predicted octanol–water partition coefficient (Wildman–Crippen LogP) is 2.46. The summed E-state index contributed by atoms with van der Waals surface area (Å²) in [6.45, 7) is 0.264. The molecule has 2 atom stereocenters. The van der Waals surface area contributed by atoms with Crippen molar-refractivity contribution < 1.29 is 37.3 Å². The number of hydrogen-bond acceptors (Lipinski definition) is 5. The third kappa shape index (κ3) is 5.19. The average molecular weight is 466 g/mol. The molecule has 2 bridgehead atoms. The molecule has 176 valence electrons. The van der Waals surface area contributed by atoms with E-state index in [1.165, 1.54) is 30.3 Å². The standard InChI is InChI=1S/C22H21F3N2O6/c23-22(24,25)33-16-3-1-14(2-4-16)17-5-6-18(28)27-9-13-7-15(21(17)27)10-26(8-13)19(29)11-32-12-20(30)31/h1-6,13,15H,7-12H2,(H,30,31)/t13-,15+/m0/s1. The van der Waals surface area contributed by atoms with Crippen LogP contribution in [-0.2, 0) is 20.9 Å². The van der Waals surface area contributed by atoms with Crippen LogP contribution in [0.1, 0.15) is 18.0 Å². The summed E-state index contributed by atoms with van der Waals surface area (Å²) in [7, 11) is 0. The molecule has 4 rings (SSSR count). The van der Waals surface area contributed by atoms with Crippen LogP contribution in [0.5, 0.6) is 5.75 Å². The number of carbonyl (C=O) groups excluding carboxylic acids is 1. The number of benzene rings is 1. The van der Waals surface area contributed by atoms with E-state index in [2.05, 4.69) is 4.74 Å². The van der Waals surface area contributed by atoms with Crippen molar-refractivity contribution in [2.75, 3.05) is 26.3 Å². The van der Waals surface area contributed by atoms with E-state index in [9.17, 15) is 27.6 Å². The molecule has 1 amide bonds. The van der Waals surface area contributed by atoms with Gasteiger partial charge in [0.2, 0.25) is 5.91 Å². The van der Waals surface area contributed by atoms with Crippen LogP contribution in [0.3, 0.4) is 0 Å². The quantitative estimate of drug-likeness (QED) is 0.703. The fourth-order valence-electron chi connectivity index (χ4n) is 4.62. The maximum Gasteiger partial charge on any atom is 0.573 e. The number of nitrogens with zero attached hydrogens (tertiary/aromatic N) is 2. The zero-order valence-corrected chi connectivity index (χ0v) is 17.4. The Morgan fingerprint density at radius 3 is 2.42 bits per heavy atom. The molecular weight excluding hydrogens is 445 g/mol. The molecule has 2 aliphatic heterocycles. The molecule has 0 spiro atoms. The number of alkyl halides is 3. The van der Waals surface area contributed by atoms with Crippen LogP contribution in [0.4, 0.5) is 13.2 Å². The number of rotatable bonds is 6. The maximum atomic E-state index is 12.6. The highest BCUT2D eigenvalue weighted by Crippen LogP contribution is 2.40. The van der Waals surface area contributed by atoms with Gasteiger partial charge in [-0.3, -0.25) is 9.59 Å². The van der Waals surface area contributed by atoms with E-state index in [-0.39, 0.29) is 35.7 Å². The molecule has 1 aromatic carbocycles. The molecule has 1 N–H and O–H groups in total. The number of carboxylic acid groups (broad SMARTS) is 1. The van der Waals surface area contributed by atoms with E-state index in [4.69, 9.17) is 9.84 Å². The highest BCUT2D eigenvalue weighted by molar-refractivity contribution is 5.78. The number of aromatic nitrogens is 1. The number of carboxylic acids is 1. The summed E-state index contributed by atoms with van der Waals surface area (Å²) in [5.74, 6) is -1.94. The second-order valence-electron chi connectivity index (χ2n) is 8.14. The lowest BCUT2D eigenvalue weighted by atomic mass is 9.80. The molecule has 2 aliphatic rings. The Morgan fingerprint density at radius 2 is 1.76 bits per heavy atom. The zero-order valence-electron chi connectivity index (χ0n) is 17.4. The van der Waals surface area contributed by atoms with Gasteiger partial charge in [-0.15, -0.1) is 13.2 Å². The third-order valence-corrected chi connectivity index (χ3v) is 5.79. The normalized spacial score (nSPS) is 19.7. The second kappa shape index (κ2) is 8.89. The van der Waals surface area contributed by atoms with Crippen LogP contribution in [0, 0.1) is 5.92 Å². The number of hydrogen-bond donors (Lipinski definition) is 1. The summed E-state index contributed by atoms with van der Waals surface area (Å²) in [5, 5.41) is 8.67. The number of aliphatic carboxylic acids is 1. The van der Waals surface area contributed by atoms with Crippen molar-refractivity contribution in [3.05, 3.63) is 52.4 Å². The summed E-state index contributed by atoms with van der Waals surface area (Å²) in [5.41, 5.74) is 1.88. The number of halogens is 3. The largest absolute Gasteiger partial charge is 0.573 e. The van der Waals surface area contributed by atoms with Crippen molar-refractivity contribution in [3.8, 4) is 16.9 Å². The summed E-state index contributed by atoms with van der Waals surface area (Å²) >= 11 is 0. The second-order valence-corrected chi connectivity index (χ2v) is 8.14. The van der Waals surface area contributed by atoms with E-state index in [1.54, 1.807) is 15.5 Å². The minimum absolute atomic E-state index is 0.0511. The van der Waals surface area contributed by atoms with E-state index in [0.717, 1.165) is 12.1 Å². The molecule has 0 radical (unpaired) electrons. The lowest BCUT2D eigenvalue weighted by Crippen LogP contribution is -2.50. The first-order chi connectivity index (χ1) is 15.6. The SMILES string of the molecule is O=C(O)COCC(=O)N1C[C@@H]2C[C@H](C1)c1c(-c3ccc(OC(F)(F)F)cc3)ccc(=O)n1C2. The Bertz CT molecular complexity index is 1110. The van der Waals surface area contributed by atoms with Crippen LogP contribution in [0.15, 0.2) is 41.2 Å². The van der Waals surface area contributed by atoms with Gasteiger partial charge in [0.05, 0.1) is 0 Å². The summed E-state index contributed by atoms with van der Waals surface area (Å²) in [4.78, 5) is 37.3. The Morgan fingerprint density at radius 1 is 1.03 bits per heavy atom. The number of carbonyl (C=O) groups is 2. The Hall–Kier alpha value is -3.34. The van der Waals surface area contributed by atoms with Crippen LogP contribution >= 0.6 is 0 Å². The molecule has 33 heavy (non-hydrogen) atoms. The molecule has 3 heterocycles. The molecule has 8 nitrogen and oxygen atoms in total. The Balaban J connectivity index is 1.60. The maximum absolute atomic E-state index is 12.6. The number of fused-ring (bicyclic) bond motifs is 4. The van der Waals surface area contributed by atoms with Gasteiger partial charge in [-0.1, -0.05) is 12.1 Å². The van der Waals surface area contributed by atoms with Gasteiger partial charge >= 0.3 is 12.3 Å². The first kappa shape index (κ1) is 22.8. The van der Waals surface area contributed by atoms with Crippen LogP contribution < -0.4 is 10.3 Å². The van der Waals surface area contributed by atoms with Crippen LogP contribution in [-0.4, -0.2) is 59.1 Å². The predicted molar refractivity (Wildman–Crippen MR) is 109 cm³/mol. The van der Waals surface area contributed by atoms with Crippen molar-refractivity contribution in [1.29, 1.82) is 0 Å². The Labute approximate surface area is 186 Å². The molecule has 1 saturated heterocycles. The Kier molecular flexibility index (Phi) is 6.15. The van der Waals surface area contributed by atoms with E-state index >= 15 is 0 Å². The zero-order chi connectivity index (χ0) is 23.8. The summed E-state index contributed by atoms with van der Waals surface area (Å²) in [6.07, 6.45) is -4.03. The molecule has 2 aromatic rings. The monoisotopic (exact) mass is 466 g/mol. The fraction of sp³-hybridized carbons (Fsp3) is 0.409. The smallest absolute Gasteiger partial charge is 0.480 e. The van der Waals surface area contributed by atoms with Gasteiger partial charge in [-0.05, 0) is 36.1 Å². The van der Waals surface area contributed by atoms with Crippen molar-refractivity contribution in [1.82, 2.24) is 9.47 Å². The highest BCUT2D eigenvalue weighted by atomic mass is 19.4. The topological polar surface area (TPSA) is 98.1 Å². The van der Waals surface area contributed by atoms with Gasteiger partial charge in [0.1, 0.15) is 19.0 Å². The molecule has 0 aliphatic carbocycles. The molecule has 0 unspecified atom stereocenters. The number of amides is 1. The van der Waals surface area contributed by atoms with Crippen LogP contribution in [0.25, 0.3) is 11.1 Å². The minimum atomic E-state index is -4.79. The summed E-state index contributed by atoms with van der Waals surface area (Å²) < 4.78 is 47.9. The highest BCUT2D eigenvalue weighted by Gasteiger charge is 2.38. The number of piperidine rings is 1. The first-order valence-corrected chi connectivity index (χ1v) is 10.3. The molecule has 1 aromatic heterocycles. The van der Waals surface area contributed by atoms with Gasteiger partial charge in [0, 0.05) is 42.9 Å². The summed E-state index contributed by atoms with van der Waals surface area (Å²) in [6, 6.07) is 8.51. The van der Waals surface area contributed by atoms with Gasteiger partial charge < -0.3 is 24.0 Å². The van der Waals surface area contributed by atoms with Crippen molar-refractivity contribution in [2.45, 2.75) is 25.2 Å². The van der Waals surface area contributed by atoms with E-state index in [1.807, 2.05) is 0 Å².